The van der Waals surface area contributed by atoms with Gasteiger partial charge < -0.3 is 5.32 Å². The number of hydrogen-bond acceptors (Lipinski definition) is 2. The number of amides is 1. The zero-order chi connectivity index (χ0) is 11.9. The SMILES string of the molecule is O=C(C#Cc1ccsc1)NCc1ccccc1. The van der Waals surface area contributed by atoms with Crippen LogP contribution in [0, 0.1) is 11.8 Å². The van der Waals surface area contributed by atoms with E-state index >= 15 is 0 Å². The Labute approximate surface area is 104 Å². The Morgan fingerprint density at radius 2 is 2.06 bits per heavy atom. The second kappa shape index (κ2) is 5.88. The number of thiophene rings is 1. The first-order chi connectivity index (χ1) is 8.34. The lowest BCUT2D eigenvalue weighted by Gasteiger charge is -1.99. The molecule has 0 unspecified atom stereocenters. The molecule has 1 aromatic carbocycles. The van der Waals surface area contributed by atoms with Gasteiger partial charge in [0, 0.05) is 23.4 Å². The summed E-state index contributed by atoms with van der Waals surface area (Å²) in [4.78, 5) is 11.4. The molecular weight excluding hydrogens is 230 g/mol. The summed E-state index contributed by atoms with van der Waals surface area (Å²) in [5.74, 6) is 5.12. The molecule has 3 heteroatoms. The van der Waals surface area contributed by atoms with Gasteiger partial charge in [0.15, 0.2) is 0 Å². The van der Waals surface area contributed by atoms with Crippen LogP contribution in [0.4, 0.5) is 0 Å². The largest absolute Gasteiger partial charge is 0.341 e. The Balaban J connectivity index is 1.86. The highest BCUT2D eigenvalue weighted by atomic mass is 32.1. The van der Waals surface area contributed by atoms with Gasteiger partial charge in [-0.1, -0.05) is 36.3 Å². The van der Waals surface area contributed by atoms with Crippen molar-refractivity contribution in [1.82, 2.24) is 5.32 Å². The Morgan fingerprint density at radius 1 is 1.24 bits per heavy atom. The second-order valence-corrected chi connectivity index (χ2v) is 4.21. The number of carbonyl (C=O) groups excluding carboxylic acids is 1. The molecule has 2 rings (SSSR count). The Morgan fingerprint density at radius 3 is 2.76 bits per heavy atom. The summed E-state index contributed by atoms with van der Waals surface area (Å²) in [7, 11) is 0. The maximum Gasteiger partial charge on any atom is 0.296 e. The summed E-state index contributed by atoms with van der Waals surface area (Å²) >= 11 is 1.57. The molecule has 0 saturated carbocycles. The zero-order valence-corrected chi connectivity index (χ0v) is 9.96. The first-order valence-corrected chi connectivity index (χ1v) is 6.15. The second-order valence-electron chi connectivity index (χ2n) is 3.43. The van der Waals surface area contributed by atoms with E-state index in [9.17, 15) is 4.79 Å². The quantitative estimate of drug-likeness (QED) is 0.804. The van der Waals surface area contributed by atoms with Crippen LogP contribution in [0.5, 0.6) is 0 Å². The molecule has 1 amide bonds. The molecule has 2 aromatic rings. The third kappa shape index (κ3) is 3.78. The van der Waals surface area contributed by atoms with E-state index in [4.69, 9.17) is 0 Å². The van der Waals surface area contributed by atoms with Gasteiger partial charge in [-0.15, -0.1) is 0 Å². The minimum absolute atomic E-state index is 0.250. The normalized spacial score (nSPS) is 9.18. The van der Waals surface area contributed by atoms with Crippen LogP contribution in [0.3, 0.4) is 0 Å². The molecule has 1 aromatic heterocycles. The molecule has 0 aliphatic carbocycles. The highest BCUT2D eigenvalue weighted by molar-refractivity contribution is 7.08. The van der Waals surface area contributed by atoms with Crippen LogP contribution in [0.2, 0.25) is 0 Å². The molecule has 2 nitrogen and oxygen atoms in total. The van der Waals surface area contributed by atoms with Crippen LogP contribution in [-0.2, 0) is 11.3 Å². The van der Waals surface area contributed by atoms with Gasteiger partial charge in [0.2, 0.25) is 0 Å². The van der Waals surface area contributed by atoms with E-state index in [0.29, 0.717) is 6.54 Å². The van der Waals surface area contributed by atoms with Crippen molar-refractivity contribution in [3.63, 3.8) is 0 Å². The van der Waals surface area contributed by atoms with Gasteiger partial charge in [0.05, 0.1) is 0 Å². The van der Waals surface area contributed by atoms with Crippen molar-refractivity contribution >= 4 is 17.2 Å². The Kier molecular flexibility index (Phi) is 3.95. The average molecular weight is 241 g/mol. The van der Waals surface area contributed by atoms with Crippen molar-refractivity contribution in [2.45, 2.75) is 6.54 Å². The van der Waals surface area contributed by atoms with Crippen LogP contribution < -0.4 is 5.32 Å². The summed E-state index contributed by atoms with van der Waals surface area (Å²) < 4.78 is 0. The van der Waals surface area contributed by atoms with Crippen LogP contribution in [-0.4, -0.2) is 5.91 Å². The summed E-state index contributed by atoms with van der Waals surface area (Å²) in [6, 6.07) is 11.7. The smallest absolute Gasteiger partial charge is 0.296 e. The Hall–Kier alpha value is -2.05. The lowest BCUT2D eigenvalue weighted by molar-refractivity contribution is -0.115. The van der Waals surface area contributed by atoms with Gasteiger partial charge in [-0.05, 0) is 17.0 Å². The fraction of sp³-hybridized carbons (Fsp3) is 0.0714. The molecule has 0 radical (unpaired) electrons. The molecule has 0 bridgehead atoms. The van der Waals surface area contributed by atoms with Crippen LogP contribution >= 0.6 is 11.3 Å². The van der Waals surface area contributed by atoms with Crippen LogP contribution in [0.15, 0.2) is 47.2 Å². The summed E-state index contributed by atoms with van der Waals surface area (Å²) in [5, 5.41) is 6.60. The number of benzene rings is 1. The van der Waals surface area contributed by atoms with Gasteiger partial charge in [-0.2, -0.15) is 11.3 Å². The van der Waals surface area contributed by atoms with Crippen molar-refractivity contribution in [2.75, 3.05) is 0 Å². The van der Waals surface area contributed by atoms with Crippen LogP contribution in [0.25, 0.3) is 0 Å². The molecule has 0 atom stereocenters. The first-order valence-electron chi connectivity index (χ1n) is 5.20. The van der Waals surface area contributed by atoms with Gasteiger partial charge in [0.25, 0.3) is 5.91 Å². The van der Waals surface area contributed by atoms with Gasteiger partial charge >= 0.3 is 0 Å². The average Bonchev–Trinajstić information content (AvgIpc) is 2.88. The summed E-state index contributed by atoms with van der Waals surface area (Å²) in [5.41, 5.74) is 1.95. The van der Waals surface area contributed by atoms with Gasteiger partial charge in [-0.25, -0.2) is 0 Å². The number of rotatable bonds is 2. The van der Waals surface area contributed by atoms with Crippen molar-refractivity contribution < 1.29 is 4.79 Å². The van der Waals surface area contributed by atoms with E-state index in [1.165, 1.54) is 0 Å². The maximum atomic E-state index is 11.4. The minimum Gasteiger partial charge on any atom is -0.341 e. The van der Waals surface area contributed by atoms with E-state index in [1.807, 2.05) is 47.2 Å². The van der Waals surface area contributed by atoms with Crippen molar-refractivity contribution in [2.24, 2.45) is 0 Å². The molecule has 84 valence electrons. The van der Waals surface area contributed by atoms with Gasteiger partial charge in [-0.3, -0.25) is 4.79 Å². The van der Waals surface area contributed by atoms with Gasteiger partial charge in [0.1, 0.15) is 0 Å². The molecule has 1 heterocycles. The third-order valence-electron chi connectivity index (χ3n) is 2.14. The topological polar surface area (TPSA) is 29.1 Å². The van der Waals surface area contributed by atoms with E-state index in [-0.39, 0.29) is 5.91 Å². The van der Waals surface area contributed by atoms with E-state index in [1.54, 1.807) is 11.3 Å². The predicted octanol–water partition coefficient (Wildman–Crippen LogP) is 2.42. The molecule has 17 heavy (non-hydrogen) atoms. The molecule has 0 spiro atoms. The lowest BCUT2D eigenvalue weighted by Crippen LogP contribution is -2.20. The number of nitrogens with one attached hydrogen (secondary N) is 1. The third-order valence-corrected chi connectivity index (χ3v) is 2.82. The highest BCUT2D eigenvalue weighted by Gasteiger charge is 1.95. The highest BCUT2D eigenvalue weighted by Crippen LogP contribution is 2.03. The predicted molar refractivity (Wildman–Crippen MR) is 69.5 cm³/mol. The monoisotopic (exact) mass is 241 g/mol. The number of hydrogen-bond donors (Lipinski definition) is 1. The fourth-order valence-electron chi connectivity index (χ4n) is 1.29. The first kappa shape index (κ1) is 11.4. The van der Waals surface area contributed by atoms with Crippen molar-refractivity contribution in [3.8, 4) is 11.8 Å². The van der Waals surface area contributed by atoms with Crippen LogP contribution in [0.1, 0.15) is 11.1 Å². The molecule has 0 aliphatic rings. The summed E-state index contributed by atoms with van der Waals surface area (Å²) in [6.45, 7) is 0.512. The minimum atomic E-state index is -0.250. The van der Waals surface area contributed by atoms with E-state index in [2.05, 4.69) is 17.2 Å². The Bertz CT molecular complexity index is 535. The zero-order valence-electron chi connectivity index (χ0n) is 9.14. The van der Waals surface area contributed by atoms with E-state index in [0.717, 1.165) is 11.1 Å². The van der Waals surface area contributed by atoms with E-state index < -0.39 is 0 Å². The molecule has 0 fully saturated rings. The molecule has 1 N–H and O–H groups in total. The summed E-state index contributed by atoms with van der Waals surface area (Å²) in [6.07, 6.45) is 0. The lowest BCUT2D eigenvalue weighted by atomic mass is 10.2. The number of carbonyl (C=O) groups is 1. The maximum absolute atomic E-state index is 11.4. The van der Waals surface area contributed by atoms with Crippen molar-refractivity contribution in [1.29, 1.82) is 0 Å². The fourth-order valence-corrected chi connectivity index (χ4v) is 1.87. The molecule has 0 aliphatic heterocycles. The standard InChI is InChI=1S/C14H11NOS/c16-14(7-6-13-8-9-17-11-13)15-10-12-4-2-1-3-5-12/h1-5,8-9,11H,10H2,(H,15,16). The molecule has 0 saturated heterocycles. The molecular formula is C14H11NOS. The van der Waals surface area contributed by atoms with Crippen molar-refractivity contribution in [3.05, 3.63) is 58.3 Å².